The average Bonchev–Trinajstić information content (AvgIpc) is 3.01. The van der Waals surface area contributed by atoms with E-state index in [1.807, 2.05) is 13.8 Å². The molecule has 0 saturated heterocycles. The molecule has 2 rings (SSSR count). The van der Waals surface area contributed by atoms with Crippen molar-refractivity contribution in [3.8, 4) is 5.75 Å². The van der Waals surface area contributed by atoms with Gasteiger partial charge in [-0.15, -0.1) is 0 Å². The lowest BCUT2D eigenvalue weighted by Gasteiger charge is -2.16. The lowest BCUT2D eigenvalue weighted by molar-refractivity contribution is -0.140. The molecular formula is C13H15BrO3. The zero-order chi connectivity index (χ0) is 12.8. The van der Waals surface area contributed by atoms with Gasteiger partial charge in [0.25, 0.3) is 0 Å². The second-order valence-electron chi connectivity index (χ2n) is 4.93. The monoisotopic (exact) mass is 298 g/mol. The van der Waals surface area contributed by atoms with Crippen LogP contribution in [0.4, 0.5) is 0 Å². The van der Waals surface area contributed by atoms with Crippen molar-refractivity contribution in [2.45, 2.75) is 38.0 Å². The summed E-state index contributed by atoms with van der Waals surface area (Å²) in [6, 6.07) is 3.43. The van der Waals surface area contributed by atoms with E-state index in [-0.39, 0.29) is 11.7 Å². The Morgan fingerprint density at radius 3 is 2.41 bits per heavy atom. The first-order valence-corrected chi connectivity index (χ1v) is 6.44. The van der Waals surface area contributed by atoms with E-state index in [1.54, 1.807) is 12.1 Å². The Hall–Kier alpha value is -1.03. The first-order chi connectivity index (χ1) is 7.88. The first-order valence-electron chi connectivity index (χ1n) is 5.65. The van der Waals surface area contributed by atoms with Crippen molar-refractivity contribution in [3.63, 3.8) is 0 Å². The number of halogens is 1. The predicted octanol–water partition coefficient (Wildman–Crippen LogP) is 3.39. The first kappa shape index (κ1) is 12.4. The fraction of sp³-hybridized carbons (Fsp3) is 0.462. The molecule has 0 heterocycles. The number of rotatable bonds is 3. The van der Waals surface area contributed by atoms with Crippen LogP contribution in [0, 0.1) is 0 Å². The minimum Gasteiger partial charge on any atom is -0.508 e. The van der Waals surface area contributed by atoms with Crippen LogP contribution >= 0.6 is 15.9 Å². The van der Waals surface area contributed by atoms with Gasteiger partial charge in [-0.25, -0.2) is 0 Å². The number of carboxylic acids is 1. The fourth-order valence-electron chi connectivity index (χ4n) is 2.13. The van der Waals surface area contributed by atoms with E-state index >= 15 is 0 Å². The van der Waals surface area contributed by atoms with Crippen LogP contribution in [-0.4, -0.2) is 16.2 Å². The van der Waals surface area contributed by atoms with Crippen molar-refractivity contribution < 1.29 is 15.0 Å². The van der Waals surface area contributed by atoms with Gasteiger partial charge >= 0.3 is 5.97 Å². The van der Waals surface area contributed by atoms with Crippen LogP contribution in [0.15, 0.2) is 16.6 Å². The molecule has 1 aliphatic carbocycles. The summed E-state index contributed by atoms with van der Waals surface area (Å²) in [6.45, 7) is 4.06. The zero-order valence-electron chi connectivity index (χ0n) is 9.83. The largest absolute Gasteiger partial charge is 0.508 e. The van der Waals surface area contributed by atoms with Crippen LogP contribution in [0.25, 0.3) is 0 Å². The number of benzene rings is 1. The molecule has 0 aromatic heterocycles. The third kappa shape index (κ3) is 1.95. The lowest BCUT2D eigenvalue weighted by atomic mass is 9.92. The Kier molecular flexibility index (Phi) is 2.94. The smallest absolute Gasteiger partial charge is 0.314 e. The molecule has 3 nitrogen and oxygen atoms in total. The van der Waals surface area contributed by atoms with Crippen molar-refractivity contribution in [2.24, 2.45) is 0 Å². The molecule has 0 atom stereocenters. The van der Waals surface area contributed by atoms with Crippen LogP contribution in [0.2, 0.25) is 0 Å². The molecule has 0 unspecified atom stereocenters. The fourth-order valence-corrected chi connectivity index (χ4v) is 2.93. The zero-order valence-corrected chi connectivity index (χ0v) is 11.4. The highest BCUT2D eigenvalue weighted by atomic mass is 79.9. The van der Waals surface area contributed by atoms with Gasteiger partial charge in [-0.05, 0) is 36.5 Å². The van der Waals surface area contributed by atoms with E-state index < -0.39 is 11.4 Å². The Balaban J connectivity index is 2.51. The Labute approximate surface area is 109 Å². The third-order valence-electron chi connectivity index (χ3n) is 3.41. The van der Waals surface area contributed by atoms with Gasteiger partial charge in [-0.1, -0.05) is 29.8 Å². The Morgan fingerprint density at radius 2 is 2.00 bits per heavy atom. The van der Waals surface area contributed by atoms with Crippen LogP contribution in [-0.2, 0) is 10.2 Å². The highest BCUT2D eigenvalue weighted by molar-refractivity contribution is 9.10. The second kappa shape index (κ2) is 4.02. The quantitative estimate of drug-likeness (QED) is 0.899. The molecule has 0 amide bonds. The summed E-state index contributed by atoms with van der Waals surface area (Å²) >= 11 is 3.45. The van der Waals surface area contributed by atoms with Crippen molar-refractivity contribution in [2.75, 3.05) is 0 Å². The molecule has 2 N–H and O–H groups in total. The highest BCUT2D eigenvalue weighted by Crippen LogP contribution is 2.52. The molecule has 1 fully saturated rings. The van der Waals surface area contributed by atoms with E-state index in [4.69, 9.17) is 0 Å². The van der Waals surface area contributed by atoms with Crippen LogP contribution in [0.5, 0.6) is 5.75 Å². The summed E-state index contributed by atoms with van der Waals surface area (Å²) in [5.41, 5.74) is 0.663. The normalized spacial score (nSPS) is 17.2. The van der Waals surface area contributed by atoms with Crippen molar-refractivity contribution in [1.29, 1.82) is 0 Å². The number of hydrogen-bond acceptors (Lipinski definition) is 2. The van der Waals surface area contributed by atoms with Gasteiger partial charge in [0.2, 0.25) is 0 Å². The molecule has 1 saturated carbocycles. The SMILES string of the molecule is CC(C)c1cc(O)c(C2(C(=O)O)CC2)cc1Br. The van der Waals surface area contributed by atoms with Gasteiger partial charge in [0.05, 0.1) is 5.41 Å². The minimum atomic E-state index is -0.859. The second-order valence-corrected chi connectivity index (χ2v) is 5.79. The summed E-state index contributed by atoms with van der Waals surface area (Å²) < 4.78 is 0.868. The number of carboxylic acid groups (broad SMARTS) is 1. The van der Waals surface area contributed by atoms with E-state index in [1.165, 1.54) is 0 Å². The summed E-state index contributed by atoms with van der Waals surface area (Å²) in [4.78, 5) is 11.2. The lowest BCUT2D eigenvalue weighted by Crippen LogP contribution is -2.19. The van der Waals surface area contributed by atoms with Crippen LogP contribution in [0.3, 0.4) is 0 Å². The molecule has 1 aromatic rings. The van der Waals surface area contributed by atoms with Gasteiger partial charge in [0.15, 0.2) is 0 Å². The molecule has 1 aromatic carbocycles. The molecular weight excluding hydrogens is 284 g/mol. The van der Waals surface area contributed by atoms with Crippen molar-refractivity contribution in [1.82, 2.24) is 0 Å². The molecule has 4 heteroatoms. The molecule has 1 aliphatic rings. The molecule has 0 aliphatic heterocycles. The molecule has 0 bridgehead atoms. The maximum Gasteiger partial charge on any atom is 0.314 e. The molecule has 0 spiro atoms. The Bertz CT molecular complexity index is 476. The number of carbonyl (C=O) groups is 1. The summed E-state index contributed by atoms with van der Waals surface area (Å²) in [7, 11) is 0. The number of phenols is 1. The van der Waals surface area contributed by atoms with Crippen LogP contribution in [0.1, 0.15) is 43.7 Å². The van der Waals surface area contributed by atoms with E-state index in [2.05, 4.69) is 15.9 Å². The molecule has 17 heavy (non-hydrogen) atoms. The van der Waals surface area contributed by atoms with Crippen molar-refractivity contribution >= 4 is 21.9 Å². The van der Waals surface area contributed by atoms with Gasteiger partial charge in [0, 0.05) is 10.0 Å². The minimum absolute atomic E-state index is 0.0943. The Morgan fingerprint density at radius 1 is 1.41 bits per heavy atom. The van der Waals surface area contributed by atoms with Gasteiger partial charge < -0.3 is 10.2 Å². The van der Waals surface area contributed by atoms with Crippen LogP contribution < -0.4 is 0 Å². The molecule has 92 valence electrons. The number of hydrogen-bond donors (Lipinski definition) is 2. The third-order valence-corrected chi connectivity index (χ3v) is 4.10. The summed E-state index contributed by atoms with van der Waals surface area (Å²) in [5, 5.41) is 19.2. The number of aliphatic carboxylic acids is 1. The summed E-state index contributed by atoms with van der Waals surface area (Å²) in [5.74, 6) is -0.474. The number of aromatic hydroxyl groups is 1. The standard InChI is InChI=1S/C13H15BrO3/c1-7(2)8-5-11(15)9(6-10(8)14)13(3-4-13)12(16)17/h5-7,15H,3-4H2,1-2H3,(H,16,17). The topological polar surface area (TPSA) is 57.5 Å². The van der Waals surface area contributed by atoms with Gasteiger partial charge in [-0.2, -0.15) is 0 Å². The van der Waals surface area contributed by atoms with Gasteiger partial charge in [0.1, 0.15) is 5.75 Å². The summed E-state index contributed by atoms with van der Waals surface area (Å²) in [6.07, 6.45) is 1.20. The molecule has 0 radical (unpaired) electrons. The van der Waals surface area contributed by atoms with E-state index in [9.17, 15) is 15.0 Å². The van der Waals surface area contributed by atoms with Crippen molar-refractivity contribution in [3.05, 3.63) is 27.7 Å². The average molecular weight is 299 g/mol. The predicted molar refractivity (Wildman–Crippen MR) is 68.4 cm³/mol. The van der Waals surface area contributed by atoms with E-state index in [0.29, 0.717) is 18.4 Å². The highest BCUT2D eigenvalue weighted by Gasteiger charge is 2.53. The van der Waals surface area contributed by atoms with E-state index in [0.717, 1.165) is 10.0 Å². The maximum atomic E-state index is 11.2. The van der Waals surface area contributed by atoms with Gasteiger partial charge in [-0.3, -0.25) is 4.79 Å². The number of phenolic OH excluding ortho intramolecular Hbond substituents is 1. The maximum absolute atomic E-state index is 11.2.